The normalized spacial score (nSPS) is 19.6. The number of nitrogens with one attached hydrogen (secondary N) is 1. The summed E-state index contributed by atoms with van der Waals surface area (Å²) in [5, 5.41) is 9.13. The summed E-state index contributed by atoms with van der Waals surface area (Å²) in [5.74, 6) is 0.715. The van der Waals surface area contributed by atoms with Crippen LogP contribution in [0.3, 0.4) is 0 Å². The molecule has 0 unspecified atom stereocenters. The summed E-state index contributed by atoms with van der Waals surface area (Å²) >= 11 is 5.95. The van der Waals surface area contributed by atoms with Crippen molar-refractivity contribution in [1.82, 2.24) is 9.71 Å². The molecule has 1 aliphatic rings. The van der Waals surface area contributed by atoms with E-state index in [1.54, 1.807) is 18.2 Å². The predicted octanol–water partition coefficient (Wildman–Crippen LogP) is 3.28. The van der Waals surface area contributed by atoms with Gasteiger partial charge >= 0.3 is 0 Å². The number of benzene rings is 1. The van der Waals surface area contributed by atoms with Gasteiger partial charge in [0, 0.05) is 23.3 Å². The Morgan fingerprint density at radius 3 is 2.57 bits per heavy atom. The first-order valence-electron chi connectivity index (χ1n) is 8.80. The third kappa shape index (κ3) is 4.93. The Morgan fingerprint density at radius 2 is 1.96 bits per heavy atom. The number of aromatic nitrogens is 1. The Kier molecular flexibility index (Phi) is 6.39. The van der Waals surface area contributed by atoms with Crippen molar-refractivity contribution in [3.8, 4) is 17.7 Å². The van der Waals surface area contributed by atoms with Gasteiger partial charge in [-0.3, -0.25) is 0 Å². The summed E-state index contributed by atoms with van der Waals surface area (Å²) < 4.78 is 39.2. The maximum atomic E-state index is 12.7. The zero-order valence-corrected chi connectivity index (χ0v) is 16.8. The molecule has 1 aliphatic carbocycles. The number of hydrogen-bond acceptors (Lipinski definition) is 6. The highest BCUT2D eigenvalue weighted by molar-refractivity contribution is 7.89. The maximum absolute atomic E-state index is 12.7. The summed E-state index contributed by atoms with van der Waals surface area (Å²) in [6, 6.07) is 9.64. The molecule has 1 N–H and O–H groups in total. The second-order valence-electron chi connectivity index (χ2n) is 6.50. The molecular formula is C19H20ClN3O4S. The smallest absolute Gasteiger partial charge is 0.244 e. The number of pyridine rings is 1. The molecule has 0 amide bonds. The molecule has 148 valence electrons. The van der Waals surface area contributed by atoms with E-state index >= 15 is 0 Å². The van der Waals surface area contributed by atoms with Crippen LogP contribution in [0.4, 0.5) is 0 Å². The largest absolute Gasteiger partial charge is 0.495 e. The molecule has 7 nitrogen and oxygen atoms in total. The highest BCUT2D eigenvalue weighted by atomic mass is 35.5. The lowest BCUT2D eigenvalue weighted by molar-refractivity contribution is 0.138. The lowest BCUT2D eigenvalue weighted by atomic mass is 9.94. The van der Waals surface area contributed by atoms with Crippen molar-refractivity contribution in [2.45, 2.75) is 42.7 Å². The number of nitriles is 1. The van der Waals surface area contributed by atoms with Gasteiger partial charge in [0.1, 0.15) is 22.8 Å². The molecule has 28 heavy (non-hydrogen) atoms. The highest BCUT2D eigenvalue weighted by Crippen LogP contribution is 2.29. The van der Waals surface area contributed by atoms with Gasteiger partial charge in [0.2, 0.25) is 15.9 Å². The van der Waals surface area contributed by atoms with Crippen LogP contribution in [0.2, 0.25) is 5.02 Å². The van der Waals surface area contributed by atoms with Crippen LogP contribution in [0.1, 0.15) is 31.2 Å². The number of methoxy groups -OCH3 is 1. The minimum Gasteiger partial charge on any atom is -0.495 e. The van der Waals surface area contributed by atoms with Crippen molar-refractivity contribution in [3.63, 3.8) is 0 Å². The molecule has 1 aromatic carbocycles. The van der Waals surface area contributed by atoms with Gasteiger partial charge in [0.25, 0.3) is 0 Å². The molecule has 0 radical (unpaired) electrons. The van der Waals surface area contributed by atoms with Crippen LogP contribution >= 0.6 is 11.6 Å². The van der Waals surface area contributed by atoms with Gasteiger partial charge in [-0.05, 0) is 49.9 Å². The fraction of sp³-hybridized carbons (Fsp3) is 0.368. The first-order chi connectivity index (χ1) is 13.4. The fourth-order valence-electron chi connectivity index (χ4n) is 3.13. The standard InChI is InChI=1S/C19H20ClN3O4S/c1-26-17-8-3-14(20)10-18(17)28(24,25)23-15-4-6-16(7-5-15)27-19-9-2-13(11-21)12-22-19/h2-3,8-10,12,15-16,23H,4-7H2,1H3. The summed E-state index contributed by atoms with van der Waals surface area (Å²) in [6.07, 6.45) is 4.10. The van der Waals surface area contributed by atoms with Crippen LogP contribution in [-0.4, -0.2) is 32.7 Å². The third-order valence-corrected chi connectivity index (χ3v) is 6.34. The molecule has 0 saturated heterocycles. The van der Waals surface area contributed by atoms with Crippen LogP contribution in [0.15, 0.2) is 41.4 Å². The molecule has 0 aliphatic heterocycles. The van der Waals surface area contributed by atoms with E-state index in [9.17, 15) is 8.42 Å². The van der Waals surface area contributed by atoms with Crippen LogP contribution in [0.5, 0.6) is 11.6 Å². The zero-order chi connectivity index (χ0) is 20.1. The second kappa shape index (κ2) is 8.78. The molecule has 1 saturated carbocycles. The van der Waals surface area contributed by atoms with E-state index in [1.165, 1.54) is 25.4 Å². The van der Waals surface area contributed by atoms with Crippen molar-refractivity contribution in [3.05, 3.63) is 47.1 Å². The van der Waals surface area contributed by atoms with Crippen LogP contribution in [0.25, 0.3) is 0 Å². The number of sulfonamides is 1. The van der Waals surface area contributed by atoms with Gasteiger partial charge in [0.05, 0.1) is 12.7 Å². The first kappa shape index (κ1) is 20.4. The van der Waals surface area contributed by atoms with Crippen molar-refractivity contribution in [2.75, 3.05) is 7.11 Å². The van der Waals surface area contributed by atoms with E-state index < -0.39 is 10.0 Å². The van der Waals surface area contributed by atoms with Gasteiger partial charge in [-0.25, -0.2) is 18.1 Å². The lowest BCUT2D eigenvalue weighted by Gasteiger charge is -2.29. The van der Waals surface area contributed by atoms with Gasteiger partial charge in [0.15, 0.2) is 0 Å². The Morgan fingerprint density at radius 1 is 1.21 bits per heavy atom. The molecule has 1 aromatic heterocycles. The fourth-order valence-corrected chi connectivity index (χ4v) is 4.87. The van der Waals surface area contributed by atoms with E-state index in [4.69, 9.17) is 26.3 Å². The molecule has 0 atom stereocenters. The molecule has 2 aromatic rings. The van der Waals surface area contributed by atoms with Gasteiger partial charge in [-0.1, -0.05) is 11.6 Å². The Labute approximate surface area is 169 Å². The minimum atomic E-state index is -3.75. The predicted molar refractivity (Wildman–Crippen MR) is 104 cm³/mol. The zero-order valence-electron chi connectivity index (χ0n) is 15.3. The molecule has 0 spiro atoms. The van der Waals surface area contributed by atoms with E-state index in [0.29, 0.717) is 42.1 Å². The molecular weight excluding hydrogens is 402 g/mol. The molecule has 1 fully saturated rings. The van der Waals surface area contributed by atoms with Gasteiger partial charge in [-0.15, -0.1) is 0 Å². The van der Waals surface area contributed by atoms with E-state index in [1.807, 2.05) is 6.07 Å². The summed E-state index contributed by atoms with van der Waals surface area (Å²) in [5.41, 5.74) is 0.474. The average Bonchev–Trinajstić information content (AvgIpc) is 2.70. The van der Waals surface area contributed by atoms with Crippen molar-refractivity contribution >= 4 is 21.6 Å². The maximum Gasteiger partial charge on any atom is 0.244 e. The second-order valence-corrected chi connectivity index (χ2v) is 8.62. The van der Waals surface area contributed by atoms with E-state index in [-0.39, 0.29) is 22.8 Å². The Balaban J connectivity index is 1.59. The van der Waals surface area contributed by atoms with E-state index in [2.05, 4.69) is 9.71 Å². The van der Waals surface area contributed by atoms with Crippen molar-refractivity contribution in [1.29, 1.82) is 5.26 Å². The number of ether oxygens (including phenoxy) is 2. The number of nitrogens with zero attached hydrogens (tertiary/aromatic N) is 2. The topological polar surface area (TPSA) is 101 Å². The number of hydrogen-bond donors (Lipinski definition) is 1. The van der Waals surface area contributed by atoms with Gasteiger partial charge in [-0.2, -0.15) is 5.26 Å². The monoisotopic (exact) mass is 421 g/mol. The lowest BCUT2D eigenvalue weighted by Crippen LogP contribution is -2.39. The molecule has 1 heterocycles. The summed E-state index contributed by atoms with van der Waals surface area (Å²) in [4.78, 5) is 4.14. The summed E-state index contributed by atoms with van der Waals surface area (Å²) in [6.45, 7) is 0. The SMILES string of the molecule is COc1ccc(Cl)cc1S(=O)(=O)NC1CCC(Oc2ccc(C#N)cn2)CC1. The van der Waals surface area contributed by atoms with Gasteiger partial charge < -0.3 is 9.47 Å². The molecule has 9 heteroatoms. The Bertz CT molecular complexity index is 966. The van der Waals surface area contributed by atoms with Crippen LogP contribution in [-0.2, 0) is 10.0 Å². The van der Waals surface area contributed by atoms with Crippen LogP contribution < -0.4 is 14.2 Å². The Hall–Kier alpha value is -2.34. The third-order valence-electron chi connectivity index (χ3n) is 4.56. The number of rotatable bonds is 6. The molecule has 0 bridgehead atoms. The van der Waals surface area contributed by atoms with E-state index in [0.717, 1.165) is 0 Å². The van der Waals surface area contributed by atoms with Crippen molar-refractivity contribution in [2.24, 2.45) is 0 Å². The summed E-state index contributed by atoms with van der Waals surface area (Å²) in [7, 11) is -2.33. The van der Waals surface area contributed by atoms with Crippen molar-refractivity contribution < 1.29 is 17.9 Å². The molecule has 3 rings (SSSR count). The quantitative estimate of drug-likeness (QED) is 0.767. The number of halogens is 1. The average molecular weight is 422 g/mol. The highest BCUT2D eigenvalue weighted by Gasteiger charge is 2.28. The minimum absolute atomic E-state index is 0.0302. The van der Waals surface area contributed by atoms with Crippen LogP contribution in [0, 0.1) is 11.3 Å². The first-order valence-corrected chi connectivity index (χ1v) is 10.7.